The van der Waals surface area contributed by atoms with Crippen LogP contribution in [0.3, 0.4) is 0 Å². The first-order valence-electron chi connectivity index (χ1n) is 9.41. The van der Waals surface area contributed by atoms with Crippen LogP contribution < -0.4 is 10.1 Å². The van der Waals surface area contributed by atoms with Crippen molar-refractivity contribution < 1.29 is 9.53 Å². The maximum absolute atomic E-state index is 12.1. The van der Waals surface area contributed by atoms with Crippen LogP contribution in [0.25, 0.3) is 0 Å². The molecule has 1 aliphatic rings. The number of aromatic nitrogens is 3. The number of benzene rings is 1. The lowest BCUT2D eigenvalue weighted by Gasteiger charge is -2.11. The van der Waals surface area contributed by atoms with Gasteiger partial charge in [-0.3, -0.25) is 4.79 Å². The molecule has 0 atom stereocenters. The van der Waals surface area contributed by atoms with Gasteiger partial charge >= 0.3 is 0 Å². The van der Waals surface area contributed by atoms with Gasteiger partial charge in [0.05, 0.1) is 17.4 Å². The first-order valence-corrected chi connectivity index (χ1v) is 11.2. The molecular weight excluding hydrogens is 419 g/mol. The first kappa shape index (κ1) is 21.3. The molecule has 0 unspecified atom stereocenters. The first-order chi connectivity index (χ1) is 13.5. The number of aryl methyl sites for hydroxylation is 1. The summed E-state index contributed by atoms with van der Waals surface area (Å²) in [4.78, 5) is 12.1. The molecule has 1 amide bonds. The summed E-state index contributed by atoms with van der Waals surface area (Å²) < 4.78 is 7.63. The zero-order valence-electron chi connectivity index (χ0n) is 15.8. The quantitative estimate of drug-likeness (QED) is 0.463. The number of hydrogen-bond donors (Lipinski definition) is 1. The fraction of sp³-hybridized carbons (Fsp3) is 0.526. The van der Waals surface area contributed by atoms with Gasteiger partial charge in [-0.2, -0.15) is 0 Å². The molecule has 28 heavy (non-hydrogen) atoms. The maximum atomic E-state index is 12.1. The molecule has 1 aromatic carbocycles. The summed E-state index contributed by atoms with van der Waals surface area (Å²) in [5.74, 6) is 1.91. The topological polar surface area (TPSA) is 69.0 Å². The number of amides is 1. The summed E-state index contributed by atoms with van der Waals surface area (Å²) >= 11 is 13.4. The summed E-state index contributed by atoms with van der Waals surface area (Å²) in [5, 5.41) is 13.4. The van der Waals surface area contributed by atoms with Crippen molar-refractivity contribution in [2.45, 2.75) is 49.7 Å². The average Bonchev–Trinajstić information content (AvgIpc) is 3.29. The molecule has 1 fully saturated rings. The highest BCUT2D eigenvalue weighted by molar-refractivity contribution is 7.99. The van der Waals surface area contributed by atoms with Crippen molar-refractivity contribution in [1.82, 2.24) is 20.1 Å². The molecule has 0 spiro atoms. The van der Waals surface area contributed by atoms with Crippen molar-refractivity contribution in [2.24, 2.45) is 7.05 Å². The molecule has 1 N–H and O–H groups in total. The van der Waals surface area contributed by atoms with E-state index in [1.54, 1.807) is 18.2 Å². The third-order valence-electron chi connectivity index (χ3n) is 4.67. The van der Waals surface area contributed by atoms with Gasteiger partial charge in [-0.05, 0) is 37.5 Å². The molecule has 2 aromatic rings. The minimum atomic E-state index is 0.0645. The highest BCUT2D eigenvalue weighted by Gasteiger charge is 2.18. The van der Waals surface area contributed by atoms with E-state index in [1.807, 2.05) is 11.6 Å². The van der Waals surface area contributed by atoms with Crippen molar-refractivity contribution in [1.29, 1.82) is 0 Å². The van der Waals surface area contributed by atoms with Gasteiger partial charge in [-0.1, -0.05) is 47.8 Å². The Hall–Kier alpha value is -1.44. The Morgan fingerprint density at radius 3 is 2.86 bits per heavy atom. The Bertz CT molecular complexity index is 809. The molecule has 6 nitrogen and oxygen atoms in total. The van der Waals surface area contributed by atoms with Crippen LogP contribution in [0.5, 0.6) is 5.75 Å². The third kappa shape index (κ3) is 6.03. The second-order valence-corrected chi connectivity index (χ2v) is 8.61. The van der Waals surface area contributed by atoms with Gasteiger partial charge in [0.15, 0.2) is 5.16 Å². The number of rotatable bonds is 9. The van der Waals surface area contributed by atoms with Gasteiger partial charge in [-0.15, -0.1) is 10.2 Å². The largest absolute Gasteiger partial charge is 0.492 e. The van der Waals surface area contributed by atoms with Crippen LogP contribution in [0.2, 0.25) is 10.0 Å². The predicted molar refractivity (Wildman–Crippen MR) is 112 cm³/mol. The minimum Gasteiger partial charge on any atom is -0.492 e. The van der Waals surface area contributed by atoms with Crippen LogP contribution in [-0.2, 0) is 18.3 Å². The smallest absolute Gasteiger partial charge is 0.230 e. The summed E-state index contributed by atoms with van der Waals surface area (Å²) in [6, 6.07) is 5.52. The highest BCUT2D eigenvalue weighted by atomic mass is 35.5. The molecule has 3 rings (SSSR count). The minimum absolute atomic E-state index is 0.0645. The molecule has 1 aromatic heterocycles. The summed E-state index contributed by atoms with van der Waals surface area (Å²) in [7, 11) is 1.92. The number of carbonyl (C=O) groups excluding carboxylic acids is 1. The third-order valence-corrected chi connectivity index (χ3v) is 6.22. The fourth-order valence-electron chi connectivity index (χ4n) is 3.16. The van der Waals surface area contributed by atoms with E-state index in [-0.39, 0.29) is 5.91 Å². The highest BCUT2D eigenvalue weighted by Crippen LogP contribution is 2.27. The number of carbonyl (C=O) groups is 1. The van der Waals surface area contributed by atoms with Gasteiger partial charge in [0, 0.05) is 24.5 Å². The van der Waals surface area contributed by atoms with Crippen molar-refractivity contribution in [3.63, 3.8) is 0 Å². The second kappa shape index (κ2) is 10.4. The van der Waals surface area contributed by atoms with Crippen molar-refractivity contribution in [2.75, 3.05) is 12.4 Å². The van der Waals surface area contributed by atoms with E-state index in [4.69, 9.17) is 27.9 Å². The number of ether oxygens (including phenoxy) is 1. The Labute approximate surface area is 179 Å². The number of nitrogens with zero attached hydrogens (tertiary/aromatic N) is 3. The molecule has 0 bridgehead atoms. The van der Waals surface area contributed by atoms with Crippen LogP contribution in [0.4, 0.5) is 0 Å². The molecule has 1 heterocycles. The molecule has 1 aliphatic carbocycles. The molecule has 0 saturated heterocycles. The van der Waals surface area contributed by atoms with E-state index in [0.29, 0.717) is 34.2 Å². The lowest BCUT2D eigenvalue weighted by molar-refractivity contribution is -0.119. The fourth-order valence-corrected chi connectivity index (χ4v) is 4.37. The number of nitrogens with one attached hydrogen (secondary N) is 1. The van der Waals surface area contributed by atoms with E-state index in [2.05, 4.69) is 15.5 Å². The van der Waals surface area contributed by atoms with E-state index >= 15 is 0 Å². The van der Waals surface area contributed by atoms with Crippen LogP contribution in [0, 0.1) is 0 Å². The molecule has 9 heteroatoms. The SMILES string of the molecule is Cn1c(CCCOc2ccc(Cl)cc2Cl)nnc1SCC(=O)NC1CCCC1. The van der Waals surface area contributed by atoms with Gasteiger partial charge in [0.2, 0.25) is 5.91 Å². The lowest BCUT2D eigenvalue weighted by atomic mass is 10.2. The second-order valence-electron chi connectivity index (χ2n) is 6.82. The summed E-state index contributed by atoms with van der Waals surface area (Å²) in [5.41, 5.74) is 0. The van der Waals surface area contributed by atoms with E-state index in [1.165, 1.54) is 24.6 Å². The van der Waals surface area contributed by atoms with E-state index in [0.717, 1.165) is 36.7 Å². The van der Waals surface area contributed by atoms with Crippen LogP contribution in [-0.4, -0.2) is 39.1 Å². The van der Waals surface area contributed by atoms with Crippen LogP contribution in [0.15, 0.2) is 23.4 Å². The average molecular weight is 443 g/mol. The normalized spacial score (nSPS) is 14.4. The summed E-state index contributed by atoms with van der Waals surface area (Å²) in [6.07, 6.45) is 6.10. The Morgan fingerprint density at radius 2 is 2.11 bits per heavy atom. The van der Waals surface area contributed by atoms with Crippen LogP contribution in [0.1, 0.15) is 37.9 Å². The van der Waals surface area contributed by atoms with Gasteiger partial charge in [0.25, 0.3) is 0 Å². The maximum Gasteiger partial charge on any atom is 0.230 e. The Balaban J connectivity index is 1.40. The van der Waals surface area contributed by atoms with Crippen molar-refractivity contribution in [3.8, 4) is 5.75 Å². The predicted octanol–water partition coefficient (Wildman–Crippen LogP) is 4.28. The number of halogens is 2. The molecule has 1 saturated carbocycles. The molecule has 152 valence electrons. The summed E-state index contributed by atoms with van der Waals surface area (Å²) in [6.45, 7) is 0.514. The standard InChI is InChI=1S/C19H24Cl2N4O2S/c1-25-17(7-4-10-27-16-9-8-13(20)11-15(16)21)23-24-19(25)28-12-18(26)22-14-5-2-3-6-14/h8-9,11,14H,2-7,10,12H2,1H3,(H,22,26). The zero-order chi connectivity index (χ0) is 19.9. The van der Waals surface area contributed by atoms with E-state index < -0.39 is 0 Å². The Kier molecular flexibility index (Phi) is 7.88. The van der Waals surface area contributed by atoms with Crippen molar-refractivity contribution >= 4 is 40.9 Å². The van der Waals surface area contributed by atoms with Gasteiger partial charge < -0.3 is 14.6 Å². The monoisotopic (exact) mass is 442 g/mol. The molecule has 0 aliphatic heterocycles. The van der Waals surface area contributed by atoms with Crippen molar-refractivity contribution in [3.05, 3.63) is 34.1 Å². The number of hydrogen-bond acceptors (Lipinski definition) is 5. The number of thioether (sulfide) groups is 1. The van der Waals surface area contributed by atoms with E-state index in [9.17, 15) is 4.79 Å². The Morgan fingerprint density at radius 1 is 1.32 bits per heavy atom. The van der Waals surface area contributed by atoms with Gasteiger partial charge in [-0.25, -0.2) is 0 Å². The van der Waals surface area contributed by atoms with Crippen LogP contribution >= 0.6 is 35.0 Å². The zero-order valence-corrected chi connectivity index (χ0v) is 18.1. The molecule has 0 radical (unpaired) electrons. The lowest BCUT2D eigenvalue weighted by Crippen LogP contribution is -2.33. The molecular formula is C19H24Cl2N4O2S. The van der Waals surface area contributed by atoms with Gasteiger partial charge in [0.1, 0.15) is 11.6 Å².